The Hall–Kier alpha value is -2.31. The number of rotatable bonds is 7. The zero-order valence-corrected chi connectivity index (χ0v) is 15.0. The van der Waals surface area contributed by atoms with Gasteiger partial charge in [0.15, 0.2) is 0 Å². The van der Waals surface area contributed by atoms with Gasteiger partial charge in [-0.1, -0.05) is 0 Å². The first kappa shape index (κ1) is 18.5. The van der Waals surface area contributed by atoms with Crippen molar-refractivity contribution in [2.75, 3.05) is 51.3 Å². The van der Waals surface area contributed by atoms with Crippen molar-refractivity contribution in [1.29, 1.82) is 0 Å². The number of hydrogen-bond acceptors (Lipinski definition) is 5. The van der Waals surface area contributed by atoms with Gasteiger partial charge < -0.3 is 19.5 Å². The van der Waals surface area contributed by atoms with Crippen LogP contribution in [0.3, 0.4) is 0 Å². The largest absolute Gasteiger partial charge is 0.497 e. The quantitative estimate of drug-likeness (QED) is 0.822. The van der Waals surface area contributed by atoms with E-state index in [-0.39, 0.29) is 12.4 Å². The molecule has 1 saturated heterocycles. The highest BCUT2D eigenvalue weighted by Gasteiger charge is 2.19. The molecule has 1 fully saturated rings. The summed E-state index contributed by atoms with van der Waals surface area (Å²) in [4.78, 5) is 4.57. The molecular weight excluding hydrogens is 335 g/mol. The second-order valence-electron chi connectivity index (χ2n) is 6.40. The Bertz CT molecular complexity index is 670. The first-order valence-corrected chi connectivity index (χ1v) is 8.82. The van der Waals surface area contributed by atoms with Crippen LogP contribution in [-0.4, -0.2) is 62.6 Å². The minimum absolute atomic E-state index is 0.199. The van der Waals surface area contributed by atoms with Crippen LogP contribution in [0.2, 0.25) is 0 Å². The molecule has 1 aliphatic heterocycles. The topological polar surface area (TPSA) is 45.2 Å². The third-order valence-electron chi connectivity index (χ3n) is 4.53. The SMILES string of the molecule is COc1ccc(N2CCN(C[C@@H](O)COc3ccc(F)cc3)CC2)cc1. The van der Waals surface area contributed by atoms with Gasteiger partial charge >= 0.3 is 0 Å². The maximum absolute atomic E-state index is 12.9. The fraction of sp³-hybridized carbons (Fsp3) is 0.400. The molecule has 1 N–H and O–H groups in total. The Labute approximate surface area is 153 Å². The van der Waals surface area contributed by atoms with E-state index in [1.54, 1.807) is 19.2 Å². The molecule has 1 heterocycles. The van der Waals surface area contributed by atoms with Crippen molar-refractivity contribution in [1.82, 2.24) is 4.90 Å². The van der Waals surface area contributed by atoms with Crippen LogP contribution in [0.15, 0.2) is 48.5 Å². The molecular formula is C20H25FN2O3. The summed E-state index contributed by atoms with van der Waals surface area (Å²) < 4.78 is 23.6. The Morgan fingerprint density at radius 2 is 1.58 bits per heavy atom. The molecule has 0 aliphatic carbocycles. The Balaban J connectivity index is 1.40. The number of methoxy groups -OCH3 is 1. The van der Waals surface area contributed by atoms with E-state index >= 15 is 0 Å². The third kappa shape index (κ3) is 5.09. The van der Waals surface area contributed by atoms with E-state index in [0.717, 1.165) is 31.9 Å². The highest BCUT2D eigenvalue weighted by atomic mass is 19.1. The summed E-state index contributed by atoms with van der Waals surface area (Å²) in [6.07, 6.45) is -0.576. The molecule has 5 nitrogen and oxygen atoms in total. The van der Waals surface area contributed by atoms with Crippen molar-refractivity contribution in [2.45, 2.75) is 6.10 Å². The molecule has 1 atom stereocenters. The first-order chi connectivity index (χ1) is 12.6. The van der Waals surface area contributed by atoms with Crippen molar-refractivity contribution in [3.63, 3.8) is 0 Å². The van der Waals surface area contributed by atoms with E-state index in [1.165, 1.54) is 17.8 Å². The molecule has 0 aromatic heterocycles. The van der Waals surface area contributed by atoms with E-state index in [2.05, 4.69) is 21.9 Å². The van der Waals surface area contributed by atoms with Crippen LogP contribution in [-0.2, 0) is 0 Å². The van der Waals surface area contributed by atoms with E-state index in [4.69, 9.17) is 9.47 Å². The fourth-order valence-corrected chi connectivity index (χ4v) is 3.06. The van der Waals surface area contributed by atoms with Crippen molar-refractivity contribution >= 4 is 5.69 Å². The van der Waals surface area contributed by atoms with Gasteiger partial charge in [0.2, 0.25) is 0 Å². The fourth-order valence-electron chi connectivity index (χ4n) is 3.06. The van der Waals surface area contributed by atoms with Gasteiger partial charge in [0.05, 0.1) is 7.11 Å². The molecule has 140 valence electrons. The number of nitrogens with zero attached hydrogens (tertiary/aromatic N) is 2. The van der Waals surface area contributed by atoms with Crippen LogP contribution < -0.4 is 14.4 Å². The number of aliphatic hydroxyl groups excluding tert-OH is 1. The summed E-state index contributed by atoms with van der Waals surface area (Å²) in [6.45, 7) is 4.37. The number of ether oxygens (including phenoxy) is 2. The van der Waals surface area contributed by atoms with Gasteiger partial charge in [0.25, 0.3) is 0 Å². The van der Waals surface area contributed by atoms with Gasteiger partial charge in [0.1, 0.15) is 30.0 Å². The van der Waals surface area contributed by atoms with E-state index in [0.29, 0.717) is 12.3 Å². The molecule has 26 heavy (non-hydrogen) atoms. The standard InChI is InChI=1S/C20H25FN2O3/c1-25-19-8-4-17(5-9-19)23-12-10-22(11-13-23)14-18(24)15-26-20-6-2-16(21)3-7-20/h2-9,18,24H,10-15H2,1H3/t18-/m1/s1. The van der Waals surface area contributed by atoms with Crippen LogP contribution in [0.25, 0.3) is 0 Å². The van der Waals surface area contributed by atoms with E-state index in [1.807, 2.05) is 12.1 Å². The highest BCUT2D eigenvalue weighted by molar-refractivity contribution is 5.49. The molecule has 0 spiro atoms. The van der Waals surface area contributed by atoms with Crippen LogP contribution >= 0.6 is 0 Å². The monoisotopic (exact) mass is 360 g/mol. The number of β-amino-alcohol motifs (C(OH)–C–C–N with tert-alkyl or cyclic N) is 1. The van der Waals surface area contributed by atoms with E-state index < -0.39 is 6.10 Å². The molecule has 0 radical (unpaired) electrons. The predicted octanol–water partition coefficient (Wildman–Crippen LogP) is 2.40. The van der Waals surface area contributed by atoms with Crippen LogP contribution in [0, 0.1) is 5.82 Å². The van der Waals surface area contributed by atoms with Gasteiger partial charge in [-0.05, 0) is 48.5 Å². The lowest BCUT2D eigenvalue weighted by atomic mass is 10.2. The number of hydrogen-bond donors (Lipinski definition) is 1. The maximum atomic E-state index is 12.9. The lowest BCUT2D eigenvalue weighted by Crippen LogP contribution is -2.49. The summed E-state index contributed by atoms with van der Waals surface area (Å²) >= 11 is 0. The van der Waals surface area contributed by atoms with E-state index in [9.17, 15) is 9.50 Å². The molecule has 2 aromatic carbocycles. The Kier molecular flexibility index (Phi) is 6.30. The minimum atomic E-state index is -0.576. The minimum Gasteiger partial charge on any atom is -0.497 e. The Morgan fingerprint density at radius 3 is 2.19 bits per heavy atom. The number of halogens is 1. The molecule has 3 rings (SSSR count). The predicted molar refractivity (Wildman–Crippen MR) is 99.5 cm³/mol. The molecule has 0 amide bonds. The smallest absolute Gasteiger partial charge is 0.123 e. The number of piperazine rings is 1. The number of anilines is 1. The van der Waals surface area contributed by atoms with Crippen molar-refractivity contribution in [2.24, 2.45) is 0 Å². The van der Waals surface area contributed by atoms with Crippen molar-refractivity contribution in [3.05, 3.63) is 54.3 Å². The molecule has 2 aromatic rings. The lowest BCUT2D eigenvalue weighted by Gasteiger charge is -2.36. The number of benzene rings is 2. The summed E-state index contributed by atoms with van der Waals surface area (Å²) in [6, 6.07) is 13.9. The second kappa shape index (κ2) is 8.87. The average molecular weight is 360 g/mol. The van der Waals surface area contributed by atoms with Crippen molar-refractivity contribution in [3.8, 4) is 11.5 Å². The molecule has 0 unspecified atom stereocenters. The van der Waals surface area contributed by atoms with Crippen molar-refractivity contribution < 1.29 is 19.0 Å². The molecule has 0 bridgehead atoms. The van der Waals surface area contributed by atoms with Crippen LogP contribution in [0.1, 0.15) is 0 Å². The Morgan fingerprint density at radius 1 is 0.962 bits per heavy atom. The second-order valence-corrected chi connectivity index (χ2v) is 6.40. The summed E-state index contributed by atoms with van der Waals surface area (Å²) in [5.74, 6) is 1.12. The van der Waals surface area contributed by atoms with Gasteiger partial charge in [-0.15, -0.1) is 0 Å². The lowest BCUT2D eigenvalue weighted by molar-refractivity contribution is 0.0663. The molecule has 6 heteroatoms. The highest BCUT2D eigenvalue weighted by Crippen LogP contribution is 2.20. The summed E-state index contributed by atoms with van der Waals surface area (Å²) in [7, 11) is 1.67. The van der Waals surface area contributed by atoms with Crippen LogP contribution in [0.4, 0.5) is 10.1 Å². The van der Waals surface area contributed by atoms with Gasteiger partial charge in [-0.2, -0.15) is 0 Å². The van der Waals surface area contributed by atoms with Gasteiger partial charge in [-0.25, -0.2) is 4.39 Å². The molecule has 0 saturated carbocycles. The first-order valence-electron chi connectivity index (χ1n) is 8.82. The van der Waals surface area contributed by atoms with Crippen LogP contribution in [0.5, 0.6) is 11.5 Å². The van der Waals surface area contributed by atoms with Gasteiger partial charge in [0, 0.05) is 38.4 Å². The summed E-state index contributed by atoms with van der Waals surface area (Å²) in [5, 5.41) is 10.2. The van der Waals surface area contributed by atoms with Gasteiger partial charge in [-0.3, -0.25) is 4.90 Å². The zero-order valence-electron chi connectivity index (χ0n) is 15.0. The maximum Gasteiger partial charge on any atom is 0.123 e. The zero-order chi connectivity index (χ0) is 18.4. The average Bonchev–Trinajstić information content (AvgIpc) is 2.68. The molecule has 1 aliphatic rings. The normalized spacial score (nSPS) is 16.3. The summed E-state index contributed by atoms with van der Waals surface area (Å²) in [5.41, 5.74) is 1.19. The number of aliphatic hydroxyl groups is 1. The third-order valence-corrected chi connectivity index (χ3v) is 4.53.